The third kappa shape index (κ3) is 3.87. The Kier molecular flexibility index (Phi) is 5.09. The van der Waals surface area contributed by atoms with Crippen LogP contribution in [0.4, 0.5) is 11.5 Å². The second kappa shape index (κ2) is 8.20. The summed E-state index contributed by atoms with van der Waals surface area (Å²) in [5.74, 6) is 0.321. The second-order valence-corrected chi connectivity index (χ2v) is 7.68. The first-order chi connectivity index (χ1) is 15.2. The van der Waals surface area contributed by atoms with Crippen LogP contribution < -0.4 is 10.2 Å². The van der Waals surface area contributed by atoms with Gasteiger partial charge in [-0.05, 0) is 37.1 Å². The van der Waals surface area contributed by atoms with Gasteiger partial charge in [-0.2, -0.15) is 0 Å². The molecule has 1 saturated heterocycles. The molecular formula is C24H23N5O2. The van der Waals surface area contributed by atoms with E-state index in [1.807, 2.05) is 65.2 Å². The lowest BCUT2D eigenvalue weighted by atomic mass is 10.1. The largest absolute Gasteiger partial charge is 0.393 e. The summed E-state index contributed by atoms with van der Waals surface area (Å²) in [6, 6.07) is 19.2. The molecule has 2 N–H and O–H groups in total. The number of fused-ring (bicyclic) bond motifs is 1. The quantitative estimate of drug-likeness (QED) is 0.534. The first-order valence-corrected chi connectivity index (χ1v) is 10.4. The molecule has 1 aromatic carbocycles. The third-order valence-electron chi connectivity index (χ3n) is 5.61. The topological polar surface area (TPSA) is 82.8 Å². The van der Waals surface area contributed by atoms with Crippen LogP contribution in [0.1, 0.15) is 23.3 Å². The molecule has 0 atom stereocenters. The van der Waals surface area contributed by atoms with Crippen molar-refractivity contribution in [3.8, 4) is 11.3 Å². The number of carbonyl (C=O) groups is 1. The van der Waals surface area contributed by atoms with Gasteiger partial charge in [0.25, 0.3) is 5.91 Å². The molecule has 4 heterocycles. The van der Waals surface area contributed by atoms with E-state index < -0.39 is 0 Å². The first kappa shape index (κ1) is 19.3. The molecule has 0 saturated carbocycles. The Morgan fingerprint density at radius 2 is 1.81 bits per heavy atom. The predicted molar refractivity (Wildman–Crippen MR) is 120 cm³/mol. The van der Waals surface area contributed by atoms with E-state index in [9.17, 15) is 9.90 Å². The average Bonchev–Trinajstić information content (AvgIpc) is 3.18. The number of anilines is 2. The molecule has 0 aliphatic carbocycles. The minimum atomic E-state index is -0.290. The van der Waals surface area contributed by atoms with Crippen molar-refractivity contribution in [3.05, 3.63) is 78.8 Å². The van der Waals surface area contributed by atoms with Crippen molar-refractivity contribution in [1.29, 1.82) is 0 Å². The Bertz CT molecular complexity index is 1210. The van der Waals surface area contributed by atoms with E-state index in [2.05, 4.69) is 15.2 Å². The Balaban J connectivity index is 1.47. The Hall–Kier alpha value is -3.71. The van der Waals surface area contributed by atoms with E-state index in [-0.39, 0.29) is 12.0 Å². The van der Waals surface area contributed by atoms with Crippen molar-refractivity contribution < 1.29 is 9.90 Å². The smallest absolute Gasteiger partial charge is 0.275 e. The van der Waals surface area contributed by atoms with Gasteiger partial charge in [-0.15, -0.1) is 0 Å². The van der Waals surface area contributed by atoms with Gasteiger partial charge in [-0.25, -0.2) is 4.98 Å². The van der Waals surface area contributed by atoms with E-state index in [1.54, 1.807) is 12.3 Å². The van der Waals surface area contributed by atoms with Crippen LogP contribution in [-0.4, -0.2) is 44.6 Å². The van der Waals surface area contributed by atoms with Gasteiger partial charge < -0.3 is 15.3 Å². The lowest BCUT2D eigenvalue weighted by molar-refractivity contribution is 0.102. The lowest BCUT2D eigenvalue weighted by Gasteiger charge is -2.31. The molecule has 0 bridgehead atoms. The number of hydrogen-bond donors (Lipinski definition) is 2. The molecule has 31 heavy (non-hydrogen) atoms. The van der Waals surface area contributed by atoms with Gasteiger partial charge in [0.05, 0.1) is 6.10 Å². The molecule has 0 radical (unpaired) electrons. The first-order valence-electron chi connectivity index (χ1n) is 10.4. The van der Waals surface area contributed by atoms with Gasteiger partial charge in [0.15, 0.2) is 0 Å². The fraction of sp³-hybridized carbons (Fsp3) is 0.208. The van der Waals surface area contributed by atoms with Crippen LogP contribution in [-0.2, 0) is 0 Å². The van der Waals surface area contributed by atoms with E-state index in [4.69, 9.17) is 4.98 Å². The zero-order chi connectivity index (χ0) is 21.2. The van der Waals surface area contributed by atoms with Crippen molar-refractivity contribution in [1.82, 2.24) is 14.4 Å². The number of aliphatic hydroxyl groups is 1. The van der Waals surface area contributed by atoms with Crippen LogP contribution in [0.15, 0.2) is 73.1 Å². The second-order valence-electron chi connectivity index (χ2n) is 7.68. The van der Waals surface area contributed by atoms with Crippen LogP contribution >= 0.6 is 0 Å². The zero-order valence-electron chi connectivity index (χ0n) is 17.0. The summed E-state index contributed by atoms with van der Waals surface area (Å²) in [6.07, 6.45) is 4.75. The summed E-state index contributed by atoms with van der Waals surface area (Å²) >= 11 is 0. The average molecular weight is 413 g/mol. The van der Waals surface area contributed by atoms with E-state index in [0.29, 0.717) is 17.2 Å². The number of nitrogens with one attached hydrogen (secondary N) is 1. The molecule has 1 aliphatic heterocycles. The minimum Gasteiger partial charge on any atom is -0.393 e. The number of nitrogens with zero attached hydrogens (tertiary/aromatic N) is 4. The summed E-state index contributed by atoms with van der Waals surface area (Å²) in [5, 5.41) is 12.8. The number of piperidine rings is 1. The third-order valence-corrected chi connectivity index (χ3v) is 5.61. The standard InChI is InChI=1S/C24H23N5O2/c30-19-10-14-28(15-11-19)18-9-12-25-20(16-18)24(31)27-23-22(17-6-2-1-3-7-17)26-21-8-4-5-13-29(21)23/h1-9,12-13,16,19,30H,10-11,14-15H2,(H,27,31). The highest BCUT2D eigenvalue weighted by atomic mass is 16.3. The zero-order valence-corrected chi connectivity index (χ0v) is 17.0. The fourth-order valence-corrected chi connectivity index (χ4v) is 3.95. The number of aliphatic hydroxyl groups excluding tert-OH is 1. The van der Waals surface area contributed by atoms with E-state index in [1.165, 1.54) is 0 Å². The maximum Gasteiger partial charge on any atom is 0.275 e. The molecule has 5 rings (SSSR count). The highest BCUT2D eigenvalue weighted by molar-refractivity contribution is 6.05. The van der Waals surface area contributed by atoms with Crippen LogP contribution in [0.25, 0.3) is 16.9 Å². The molecule has 3 aromatic heterocycles. The molecule has 4 aromatic rings. The molecular weight excluding hydrogens is 390 g/mol. The van der Waals surface area contributed by atoms with Crippen molar-refractivity contribution in [2.24, 2.45) is 0 Å². The molecule has 7 heteroatoms. The monoisotopic (exact) mass is 413 g/mol. The normalized spacial score (nSPS) is 14.7. The lowest BCUT2D eigenvalue weighted by Crippen LogP contribution is -2.35. The van der Waals surface area contributed by atoms with Crippen molar-refractivity contribution in [2.45, 2.75) is 18.9 Å². The minimum absolute atomic E-state index is 0.243. The molecule has 156 valence electrons. The number of imidazole rings is 1. The fourth-order valence-electron chi connectivity index (χ4n) is 3.95. The van der Waals surface area contributed by atoms with Crippen LogP contribution in [0.3, 0.4) is 0 Å². The summed E-state index contributed by atoms with van der Waals surface area (Å²) in [7, 11) is 0. The van der Waals surface area contributed by atoms with Gasteiger partial charge in [-0.1, -0.05) is 36.4 Å². The maximum atomic E-state index is 13.2. The van der Waals surface area contributed by atoms with Gasteiger partial charge >= 0.3 is 0 Å². The number of hydrogen-bond acceptors (Lipinski definition) is 5. The van der Waals surface area contributed by atoms with E-state index in [0.717, 1.165) is 42.8 Å². The highest BCUT2D eigenvalue weighted by Crippen LogP contribution is 2.29. The summed E-state index contributed by atoms with van der Waals surface area (Å²) < 4.78 is 1.87. The Labute approximate surface area is 180 Å². The van der Waals surface area contributed by atoms with Crippen LogP contribution in [0.2, 0.25) is 0 Å². The summed E-state index contributed by atoms with van der Waals surface area (Å²) in [4.78, 5) is 24.3. The number of pyridine rings is 2. The van der Waals surface area contributed by atoms with E-state index >= 15 is 0 Å². The van der Waals surface area contributed by atoms with Crippen molar-refractivity contribution >= 4 is 23.1 Å². The van der Waals surface area contributed by atoms with Gasteiger partial charge in [0.1, 0.15) is 22.9 Å². The SMILES string of the molecule is O=C(Nc1c(-c2ccccc2)nc2ccccn12)c1cc(N2CCC(O)CC2)ccn1. The predicted octanol–water partition coefficient (Wildman–Crippen LogP) is 3.61. The molecule has 1 aliphatic rings. The summed E-state index contributed by atoms with van der Waals surface area (Å²) in [5.41, 5.74) is 3.67. The van der Waals surface area contributed by atoms with Crippen molar-refractivity contribution in [3.63, 3.8) is 0 Å². The molecule has 1 fully saturated rings. The number of rotatable bonds is 4. The van der Waals surface area contributed by atoms with Gasteiger partial charge in [-0.3, -0.25) is 14.2 Å². The molecule has 0 spiro atoms. The highest BCUT2D eigenvalue weighted by Gasteiger charge is 2.20. The molecule has 1 amide bonds. The van der Waals surface area contributed by atoms with Gasteiger partial charge in [0.2, 0.25) is 0 Å². The number of amides is 1. The number of aromatic nitrogens is 3. The van der Waals surface area contributed by atoms with Crippen LogP contribution in [0.5, 0.6) is 0 Å². The van der Waals surface area contributed by atoms with Crippen molar-refractivity contribution in [2.75, 3.05) is 23.3 Å². The Morgan fingerprint density at radius 1 is 1.03 bits per heavy atom. The molecule has 0 unspecified atom stereocenters. The summed E-state index contributed by atoms with van der Waals surface area (Å²) in [6.45, 7) is 1.52. The van der Waals surface area contributed by atoms with Crippen LogP contribution in [0, 0.1) is 0 Å². The molecule has 7 nitrogen and oxygen atoms in total. The Morgan fingerprint density at radius 3 is 2.61 bits per heavy atom. The maximum absolute atomic E-state index is 13.2. The number of carbonyl (C=O) groups excluding carboxylic acids is 1. The van der Waals surface area contributed by atoms with Gasteiger partial charge in [0, 0.05) is 36.7 Å². The number of benzene rings is 1.